The molecule has 12 nitrogen and oxygen atoms in total. The Hall–Kier alpha value is -3.62. The fourth-order valence-electron chi connectivity index (χ4n) is 4.24. The first-order valence-electron chi connectivity index (χ1n) is 12.0. The summed E-state index contributed by atoms with van der Waals surface area (Å²) in [6, 6.07) is 2.82. The number of ether oxygens (including phenoxy) is 4. The number of benzene rings is 1. The van der Waals surface area contributed by atoms with Crippen molar-refractivity contribution < 1.29 is 42.5 Å². The standard InChI is InChI=1S/C25H28ClFN4O8S/c1-6-9-30-23(16-7-8-18(27)17(26)10-16)29-31(25(30)40)24-20(28-12(2)32)22(38-15(5)35)21(37-14(4)34)19(39-24)11-36-13(3)33/h6-8,10,19-22,24H,1,9,11H2,2-5H3,(H,28,32)/t19-,20-,21-,22-,24-/m1/s1. The maximum Gasteiger partial charge on any atom is 0.303 e. The summed E-state index contributed by atoms with van der Waals surface area (Å²) in [5, 5.41) is 7.12. The largest absolute Gasteiger partial charge is 0.463 e. The van der Waals surface area contributed by atoms with Crippen LogP contribution in [-0.2, 0) is 44.7 Å². The van der Waals surface area contributed by atoms with Gasteiger partial charge >= 0.3 is 17.9 Å². The van der Waals surface area contributed by atoms with E-state index in [2.05, 4.69) is 17.0 Å². The summed E-state index contributed by atoms with van der Waals surface area (Å²) in [5.41, 5.74) is 0.413. The highest BCUT2D eigenvalue weighted by Gasteiger charge is 2.52. The molecule has 1 fully saturated rings. The van der Waals surface area contributed by atoms with Crippen LogP contribution in [0.3, 0.4) is 0 Å². The van der Waals surface area contributed by atoms with E-state index in [0.717, 1.165) is 13.8 Å². The maximum atomic E-state index is 13.9. The lowest BCUT2D eigenvalue weighted by Crippen LogP contribution is -2.64. The average molecular weight is 599 g/mol. The number of nitrogens with one attached hydrogen (secondary N) is 1. The molecule has 2 heterocycles. The number of amides is 1. The van der Waals surface area contributed by atoms with Gasteiger partial charge in [0.25, 0.3) is 0 Å². The second-order valence-electron chi connectivity index (χ2n) is 8.82. The van der Waals surface area contributed by atoms with E-state index in [9.17, 15) is 23.6 Å². The molecule has 0 spiro atoms. The number of hydrogen-bond acceptors (Lipinski definition) is 10. The Labute approximate surface area is 239 Å². The molecule has 0 radical (unpaired) electrons. The number of carbonyl (C=O) groups is 4. The maximum absolute atomic E-state index is 13.9. The minimum absolute atomic E-state index is 0.0921. The molecule has 0 aliphatic carbocycles. The van der Waals surface area contributed by atoms with Gasteiger partial charge in [-0.3, -0.25) is 23.7 Å². The van der Waals surface area contributed by atoms with Crippen LogP contribution in [0.25, 0.3) is 11.4 Å². The molecular formula is C25H28ClFN4O8S. The van der Waals surface area contributed by atoms with Gasteiger partial charge in [0.2, 0.25) is 10.7 Å². The zero-order chi connectivity index (χ0) is 29.7. The van der Waals surface area contributed by atoms with E-state index in [-0.39, 0.29) is 22.2 Å². The second kappa shape index (κ2) is 13.2. The molecule has 3 rings (SSSR count). The van der Waals surface area contributed by atoms with Gasteiger partial charge in [-0.15, -0.1) is 11.7 Å². The Kier molecular flexibility index (Phi) is 10.2. The monoisotopic (exact) mass is 598 g/mol. The van der Waals surface area contributed by atoms with Gasteiger partial charge in [-0.25, -0.2) is 9.07 Å². The van der Waals surface area contributed by atoms with Crippen molar-refractivity contribution in [2.24, 2.45) is 0 Å². The number of aromatic nitrogens is 3. The van der Waals surface area contributed by atoms with Gasteiger partial charge < -0.3 is 24.3 Å². The molecule has 15 heteroatoms. The molecule has 1 aliphatic rings. The average Bonchev–Trinajstić information content (AvgIpc) is 3.17. The normalized spacial score (nSPS) is 22.2. The van der Waals surface area contributed by atoms with Gasteiger partial charge in [-0.2, -0.15) is 0 Å². The SMILES string of the molecule is C=CCn1c(-c2ccc(F)c(Cl)c2)nn([C@@H]2O[C@H](COC(C)=O)[C@@H](OC(C)=O)[C@H](OC(C)=O)[C@H]2NC(C)=O)c1=S. The topological polar surface area (TPSA) is 140 Å². The van der Waals surface area contributed by atoms with E-state index in [1.54, 1.807) is 10.6 Å². The summed E-state index contributed by atoms with van der Waals surface area (Å²) in [5.74, 6) is -3.02. The second-order valence-corrected chi connectivity index (χ2v) is 9.59. The molecule has 1 N–H and O–H groups in total. The fraction of sp³-hybridized carbons (Fsp3) is 0.440. The van der Waals surface area contributed by atoms with Gasteiger partial charge in [-0.05, 0) is 30.4 Å². The number of carbonyl (C=O) groups excluding carboxylic acids is 4. The van der Waals surface area contributed by atoms with Crippen LogP contribution in [0.15, 0.2) is 30.9 Å². The van der Waals surface area contributed by atoms with Crippen molar-refractivity contribution in [3.8, 4) is 11.4 Å². The summed E-state index contributed by atoms with van der Waals surface area (Å²) in [6.07, 6.45) is -3.45. The molecule has 1 aromatic carbocycles. The summed E-state index contributed by atoms with van der Waals surface area (Å²) < 4.78 is 39.1. The number of esters is 3. The predicted molar refractivity (Wildman–Crippen MR) is 141 cm³/mol. The summed E-state index contributed by atoms with van der Waals surface area (Å²) in [7, 11) is 0. The minimum atomic E-state index is -1.31. The number of nitrogens with zero attached hydrogens (tertiary/aromatic N) is 3. The summed E-state index contributed by atoms with van der Waals surface area (Å²) in [4.78, 5) is 48.0. The molecular weight excluding hydrogens is 571 g/mol. The van der Waals surface area contributed by atoms with Gasteiger partial charge in [0.05, 0.1) is 5.02 Å². The molecule has 1 saturated heterocycles. The third-order valence-corrected chi connectivity index (χ3v) is 6.40. The number of allylic oxidation sites excluding steroid dienone is 1. The lowest BCUT2D eigenvalue weighted by molar-refractivity contribution is -0.239. The van der Waals surface area contributed by atoms with Crippen LogP contribution in [-0.4, -0.2) is 69.1 Å². The van der Waals surface area contributed by atoms with Crippen molar-refractivity contribution in [2.75, 3.05) is 6.61 Å². The Balaban J connectivity index is 2.23. The highest BCUT2D eigenvalue weighted by molar-refractivity contribution is 7.71. The van der Waals surface area contributed by atoms with Crippen LogP contribution in [0, 0.1) is 10.6 Å². The van der Waals surface area contributed by atoms with E-state index in [1.165, 1.54) is 36.7 Å². The van der Waals surface area contributed by atoms with Gasteiger partial charge in [0.1, 0.15) is 24.6 Å². The number of rotatable bonds is 9. The Morgan fingerprint density at radius 3 is 2.35 bits per heavy atom. The lowest BCUT2D eigenvalue weighted by atomic mass is 9.95. The molecule has 0 saturated carbocycles. The van der Waals surface area contributed by atoms with Crippen LogP contribution in [0.5, 0.6) is 0 Å². The van der Waals surface area contributed by atoms with Crippen LogP contribution in [0.2, 0.25) is 5.02 Å². The van der Waals surface area contributed by atoms with E-state index in [4.69, 9.17) is 42.8 Å². The Morgan fingerprint density at radius 2 is 1.80 bits per heavy atom. The van der Waals surface area contributed by atoms with E-state index in [1.807, 2.05) is 0 Å². The van der Waals surface area contributed by atoms with Crippen LogP contribution in [0.4, 0.5) is 4.39 Å². The first-order valence-corrected chi connectivity index (χ1v) is 12.8. The molecule has 2 aromatic rings. The van der Waals surface area contributed by atoms with Crippen molar-refractivity contribution in [1.29, 1.82) is 0 Å². The van der Waals surface area contributed by atoms with Crippen LogP contribution < -0.4 is 5.32 Å². The molecule has 0 unspecified atom stereocenters. The van der Waals surface area contributed by atoms with Crippen molar-refractivity contribution >= 4 is 47.6 Å². The molecule has 1 amide bonds. The zero-order valence-electron chi connectivity index (χ0n) is 22.1. The molecule has 1 aromatic heterocycles. The van der Waals surface area contributed by atoms with Gasteiger partial charge in [0, 0.05) is 39.8 Å². The summed E-state index contributed by atoms with van der Waals surface area (Å²) >= 11 is 11.7. The third-order valence-electron chi connectivity index (χ3n) is 5.71. The molecule has 40 heavy (non-hydrogen) atoms. The third kappa shape index (κ3) is 7.11. The first-order chi connectivity index (χ1) is 18.8. The minimum Gasteiger partial charge on any atom is -0.463 e. The predicted octanol–water partition coefficient (Wildman–Crippen LogP) is 2.89. The lowest BCUT2D eigenvalue weighted by Gasteiger charge is -2.45. The van der Waals surface area contributed by atoms with E-state index >= 15 is 0 Å². The smallest absolute Gasteiger partial charge is 0.303 e. The summed E-state index contributed by atoms with van der Waals surface area (Å²) in [6.45, 7) is 8.22. The zero-order valence-corrected chi connectivity index (χ0v) is 23.7. The quantitative estimate of drug-likeness (QED) is 0.198. The Morgan fingerprint density at radius 1 is 1.15 bits per heavy atom. The molecule has 216 valence electrons. The molecule has 1 aliphatic heterocycles. The van der Waals surface area contributed by atoms with Crippen LogP contribution >= 0.6 is 23.8 Å². The highest BCUT2D eigenvalue weighted by atomic mass is 35.5. The van der Waals surface area contributed by atoms with Crippen LogP contribution in [0.1, 0.15) is 33.9 Å². The number of halogens is 2. The van der Waals surface area contributed by atoms with E-state index in [0.29, 0.717) is 5.56 Å². The Bertz CT molecular complexity index is 1380. The van der Waals surface area contributed by atoms with Crippen molar-refractivity contribution in [3.05, 3.63) is 46.5 Å². The van der Waals surface area contributed by atoms with Crippen molar-refractivity contribution in [3.63, 3.8) is 0 Å². The fourth-order valence-corrected chi connectivity index (χ4v) is 4.72. The first kappa shape index (κ1) is 30.9. The van der Waals surface area contributed by atoms with Gasteiger partial charge in [-0.1, -0.05) is 17.7 Å². The highest BCUT2D eigenvalue weighted by Crippen LogP contribution is 2.34. The van der Waals surface area contributed by atoms with Crippen molar-refractivity contribution in [1.82, 2.24) is 19.7 Å². The van der Waals surface area contributed by atoms with E-state index < -0.39 is 66.8 Å². The van der Waals surface area contributed by atoms with Crippen molar-refractivity contribution in [2.45, 2.75) is 64.8 Å². The number of hydrogen-bond donors (Lipinski definition) is 1. The molecule has 0 bridgehead atoms. The molecule has 5 atom stereocenters. The van der Waals surface area contributed by atoms with Gasteiger partial charge in [0.15, 0.2) is 24.3 Å².